The Bertz CT molecular complexity index is 1000. The maximum Gasteiger partial charge on any atom is 0.335 e. The molecule has 0 bridgehead atoms. The first-order chi connectivity index (χ1) is 25.8. The van der Waals surface area contributed by atoms with E-state index in [1.165, 1.54) is 96.3 Å². The van der Waals surface area contributed by atoms with E-state index < -0.39 is 35.8 Å². The van der Waals surface area contributed by atoms with Crippen molar-refractivity contribution < 1.29 is 52.6 Å². The third-order valence-corrected chi connectivity index (χ3v) is 9.23. The van der Waals surface area contributed by atoms with Crippen molar-refractivity contribution in [3.05, 3.63) is 0 Å². The summed E-state index contributed by atoms with van der Waals surface area (Å²) >= 11 is 0. The number of hydrogen-bond donors (Lipinski definition) is 0. The number of hydrogen-bond acceptors (Lipinski definition) is 11. The molecule has 0 aliphatic carbocycles. The van der Waals surface area contributed by atoms with Crippen LogP contribution in [0.4, 0.5) is 0 Å². The summed E-state index contributed by atoms with van der Waals surface area (Å²) in [5, 5.41) is 0.469. The van der Waals surface area contributed by atoms with Crippen molar-refractivity contribution in [2.45, 2.75) is 200 Å². The summed E-state index contributed by atoms with van der Waals surface area (Å²) in [5.74, 6) is -3.33. The number of ether oxygens (including phenoxy) is 4. The molecule has 1 saturated heterocycles. The number of rotatable bonds is 36. The minimum absolute atomic E-state index is 0.00601. The zero-order valence-electron chi connectivity index (χ0n) is 33.1. The Hall–Kier alpha value is -3.02. The minimum atomic E-state index is -0.924. The number of esters is 3. The zero-order valence-corrected chi connectivity index (χ0v) is 33.1. The maximum atomic E-state index is 12.6. The average molecular weight is 754 g/mol. The van der Waals surface area contributed by atoms with Crippen LogP contribution in [0.3, 0.4) is 0 Å². The molecule has 1 aliphatic rings. The fraction of sp³-hybridized carbons (Fsp3) is 0.854. The molecule has 0 N–H and O–H groups in total. The molecule has 1 rings (SSSR count). The van der Waals surface area contributed by atoms with Crippen LogP contribution in [-0.2, 0) is 52.6 Å². The standard InChI is InChI=1S/C41H71NO11/c1-3-5-7-9-11-13-15-17-19-21-23-25-38(45)50-33-35(52-40(47)26-24-22-20-18-16-14-12-10-8-6-4-2)34-51-39(46)29-31-49-32-30-41(48)53-42-36(43)27-28-37(42)44/h35H,3-34H2,1-2H3. The molecule has 53 heavy (non-hydrogen) atoms. The molecule has 0 radical (unpaired) electrons. The smallest absolute Gasteiger partial charge is 0.335 e. The lowest BCUT2D eigenvalue weighted by molar-refractivity contribution is -0.198. The number of amides is 2. The molecule has 0 saturated carbocycles. The van der Waals surface area contributed by atoms with Gasteiger partial charge in [0.25, 0.3) is 11.8 Å². The molecule has 1 unspecified atom stereocenters. The molecule has 0 aromatic rings. The van der Waals surface area contributed by atoms with Crippen LogP contribution in [0.2, 0.25) is 0 Å². The molecular formula is C41H71NO11. The molecule has 0 aromatic heterocycles. The molecule has 12 nitrogen and oxygen atoms in total. The highest BCUT2D eigenvalue weighted by Crippen LogP contribution is 2.15. The van der Waals surface area contributed by atoms with Gasteiger partial charge in [-0.3, -0.25) is 24.0 Å². The van der Waals surface area contributed by atoms with Crippen LogP contribution < -0.4 is 0 Å². The number of nitrogens with zero attached hydrogens (tertiary/aromatic N) is 1. The Morgan fingerprint density at radius 3 is 1.28 bits per heavy atom. The van der Waals surface area contributed by atoms with Gasteiger partial charge in [0.2, 0.25) is 0 Å². The third-order valence-electron chi connectivity index (χ3n) is 9.23. The highest BCUT2D eigenvalue weighted by atomic mass is 16.7. The van der Waals surface area contributed by atoms with Crippen molar-refractivity contribution in [2.24, 2.45) is 0 Å². The van der Waals surface area contributed by atoms with E-state index in [1.54, 1.807) is 0 Å². The lowest BCUT2D eigenvalue weighted by Gasteiger charge is -2.18. The highest BCUT2D eigenvalue weighted by Gasteiger charge is 2.32. The lowest BCUT2D eigenvalue weighted by atomic mass is 10.1. The molecule has 1 heterocycles. The second-order valence-corrected chi connectivity index (χ2v) is 14.2. The number of hydroxylamine groups is 2. The van der Waals surface area contributed by atoms with E-state index in [2.05, 4.69) is 13.8 Å². The molecule has 1 aliphatic heterocycles. The van der Waals surface area contributed by atoms with Crippen LogP contribution in [0.25, 0.3) is 0 Å². The topological polar surface area (TPSA) is 152 Å². The summed E-state index contributed by atoms with van der Waals surface area (Å²) in [4.78, 5) is 77.2. The van der Waals surface area contributed by atoms with E-state index in [0.717, 1.165) is 38.5 Å². The second kappa shape index (κ2) is 33.5. The molecule has 1 fully saturated rings. The summed E-state index contributed by atoms with van der Waals surface area (Å²) in [6.45, 7) is 3.85. The van der Waals surface area contributed by atoms with Crippen LogP contribution in [0.15, 0.2) is 0 Å². The van der Waals surface area contributed by atoms with Gasteiger partial charge in [-0.1, -0.05) is 142 Å². The van der Waals surface area contributed by atoms with E-state index in [0.29, 0.717) is 11.5 Å². The average Bonchev–Trinajstić information content (AvgIpc) is 3.45. The van der Waals surface area contributed by atoms with Crippen LogP contribution in [0.1, 0.15) is 194 Å². The van der Waals surface area contributed by atoms with Gasteiger partial charge in [0, 0.05) is 25.7 Å². The highest BCUT2D eigenvalue weighted by molar-refractivity contribution is 6.01. The summed E-state index contributed by atoms with van der Waals surface area (Å²) in [6.07, 6.45) is 25.1. The fourth-order valence-electron chi connectivity index (χ4n) is 5.96. The molecule has 12 heteroatoms. The SMILES string of the molecule is CCCCCCCCCCCCCC(=O)OCC(COC(=O)CCOCCC(=O)ON1C(=O)CCC1=O)OC(=O)CCCCCCCCCCCCC. The van der Waals surface area contributed by atoms with Gasteiger partial charge < -0.3 is 23.8 Å². The Balaban J connectivity index is 2.34. The molecule has 0 spiro atoms. The van der Waals surface area contributed by atoms with Crippen molar-refractivity contribution in [1.29, 1.82) is 0 Å². The van der Waals surface area contributed by atoms with Gasteiger partial charge in [-0.25, -0.2) is 4.79 Å². The number of carbonyl (C=O) groups is 6. The van der Waals surface area contributed by atoms with Gasteiger partial charge in [-0.05, 0) is 12.8 Å². The molecule has 0 aromatic carbocycles. The van der Waals surface area contributed by atoms with Crippen molar-refractivity contribution >= 4 is 35.7 Å². The monoisotopic (exact) mass is 754 g/mol. The van der Waals surface area contributed by atoms with Crippen molar-refractivity contribution in [2.75, 3.05) is 26.4 Å². The Morgan fingerprint density at radius 1 is 0.491 bits per heavy atom. The normalized spacial score (nSPS) is 13.3. The zero-order chi connectivity index (χ0) is 38.8. The van der Waals surface area contributed by atoms with Crippen LogP contribution in [-0.4, -0.2) is 73.3 Å². The van der Waals surface area contributed by atoms with Gasteiger partial charge >= 0.3 is 23.9 Å². The molecular weight excluding hydrogens is 682 g/mol. The van der Waals surface area contributed by atoms with E-state index in [9.17, 15) is 28.8 Å². The molecule has 306 valence electrons. The first-order valence-corrected chi connectivity index (χ1v) is 20.9. The van der Waals surface area contributed by atoms with E-state index in [-0.39, 0.29) is 70.9 Å². The fourth-order valence-corrected chi connectivity index (χ4v) is 5.96. The largest absolute Gasteiger partial charge is 0.462 e. The quantitative estimate of drug-likeness (QED) is 0.0261. The van der Waals surface area contributed by atoms with Gasteiger partial charge in [-0.15, -0.1) is 5.06 Å². The summed E-state index contributed by atoms with van der Waals surface area (Å²) in [5.41, 5.74) is 0. The Labute approximate surface area is 319 Å². The lowest BCUT2D eigenvalue weighted by Crippen LogP contribution is -2.32. The van der Waals surface area contributed by atoms with Gasteiger partial charge in [0.05, 0.1) is 26.1 Å². The predicted molar refractivity (Wildman–Crippen MR) is 201 cm³/mol. The van der Waals surface area contributed by atoms with Gasteiger partial charge in [0.1, 0.15) is 13.2 Å². The first kappa shape index (κ1) is 48.0. The second-order valence-electron chi connectivity index (χ2n) is 14.2. The van der Waals surface area contributed by atoms with Gasteiger partial charge in [0.15, 0.2) is 6.10 Å². The van der Waals surface area contributed by atoms with E-state index >= 15 is 0 Å². The Kier molecular flexibility index (Phi) is 30.4. The molecule has 2 amide bonds. The summed E-state index contributed by atoms with van der Waals surface area (Å²) in [7, 11) is 0. The number of imide groups is 1. The van der Waals surface area contributed by atoms with Crippen molar-refractivity contribution in [3.63, 3.8) is 0 Å². The van der Waals surface area contributed by atoms with Crippen LogP contribution in [0, 0.1) is 0 Å². The van der Waals surface area contributed by atoms with Crippen molar-refractivity contribution in [3.8, 4) is 0 Å². The third kappa shape index (κ3) is 28.1. The van der Waals surface area contributed by atoms with E-state index in [1.807, 2.05) is 0 Å². The minimum Gasteiger partial charge on any atom is -0.462 e. The summed E-state index contributed by atoms with van der Waals surface area (Å²) in [6, 6.07) is 0. The maximum absolute atomic E-state index is 12.6. The van der Waals surface area contributed by atoms with Gasteiger partial charge in [-0.2, -0.15) is 0 Å². The van der Waals surface area contributed by atoms with Crippen LogP contribution >= 0.6 is 0 Å². The van der Waals surface area contributed by atoms with E-state index in [4.69, 9.17) is 23.8 Å². The number of carbonyl (C=O) groups excluding carboxylic acids is 6. The summed E-state index contributed by atoms with van der Waals surface area (Å²) < 4.78 is 21.6. The molecule has 1 atom stereocenters. The van der Waals surface area contributed by atoms with Crippen LogP contribution in [0.5, 0.6) is 0 Å². The van der Waals surface area contributed by atoms with Crippen molar-refractivity contribution in [1.82, 2.24) is 5.06 Å². The Morgan fingerprint density at radius 2 is 0.849 bits per heavy atom. The predicted octanol–water partition coefficient (Wildman–Crippen LogP) is 8.79. The number of unbranched alkanes of at least 4 members (excludes halogenated alkanes) is 20. The first-order valence-electron chi connectivity index (χ1n) is 20.9.